The summed E-state index contributed by atoms with van der Waals surface area (Å²) in [6.07, 6.45) is 3.30. The van der Waals surface area contributed by atoms with Crippen LogP contribution >= 0.6 is 0 Å². The number of nitrogens with zero attached hydrogens (tertiary/aromatic N) is 4. The van der Waals surface area contributed by atoms with Crippen molar-refractivity contribution in [2.24, 2.45) is 0 Å². The van der Waals surface area contributed by atoms with Crippen LogP contribution < -0.4 is 4.90 Å². The van der Waals surface area contributed by atoms with E-state index < -0.39 is 0 Å². The van der Waals surface area contributed by atoms with Crippen molar-refractivity contribution in [3.8, 4) is 0 Å². The molecule has 1 aromatic rings. The molecule has 0 aliphatic heterocycles. The topological polar surface area (TPSA) is 49.3 Å². The smallest absolute Gasteiger partial charge is 0.241 e. The Morgan fingerprint density at radius 1 is 1.29 bits per heavy atom. The zero-order chi connectivity index (χ0) is 10.6. The highest BCUT2D eigenvalue weighted by Gasteiger charge is 2.09. The minimum absolute atomic E-state index is 0.0277. The molecule has 0 aliphatic rings. The predicted molar refractivity (Wildman–Crippen MR) is 54.0 cm³/mol. The number of carbonyl (C=O) groups is 1. The summed E-state index contributed by atoms with van der Waals surface area (Å²) in [4.78, 5) is 22.7. The van der Waals surface area contributed by atoms with E-state index in [9.17, 15) is 4.79 Å². The van der Waals surface area contributed by atoms with E-state index >= 15 is 0 Å². The number of rotatable bonds is 3. The van der Waals surface area contributed by atoms with Crippen molar-refractivity contribution < 1.29 is 4.79 Å². The molecular formula is C9H14N4O. The molecule has 1 aromatic heterocycles. The van der Waals surface area contributed by atoms with Crippen molar-refractivity contribution in [3.05, 3.63) is 18.5 Å². The summed E-state index contributed by atoms with van der Waals surface area (Å²) in [5.41, 5.74) is 0. The summed E-state index contributed by atoms with van der Waals surface area (Å²) in [5, 5.41) is 0. The van der Waals surface area contributed by atoms with Gasteiger partial charge in [-0.15, -0.1) is 0 Å². The maximum atomic E-state index is 11.4. The minimum Gasteiger partial charge on any atom is -0.347 e. The number of hydrogen-bond acceptors (Lipinski definition) is 4. The first-order valence-corrected chi connectivity index (χ1v) is 4.29. The summed E-state index contributed by atoms with van der Waals surface area (Å²) < 4.78 is 0. The Hall–Kier alpha value is -1.65. The third-order valence-electron chi connectivity index (χ3n) is 1.76. The van der Waals surface area contributed by atoms with Crippen LogP contribution in [-0.2, 0) is 4.79 Å². The maximum Gasteiger partial charge on any atom is 0.241 e. The van der Waals surface area contributed by atoms with E-state index in [-0.39, 0.29) is 12.5 Å². The molecule has 0 radical (unpaired) electrons. The van der Waals surface area contributed by atoms with E-state index in [1.165, 1.54) is 0 Å². The maximum absolute atomic E-state index is 11.4. The Labute approximate surface area is 83.4 Å². The number of anilines is 1. The average molecular weight is 194 g/mol. The molecule has 0 saturated heterocycles. The van der Waals surface area contributed by atoms with Crippen LogP contribution in [0.1, 0.15) is 0 Å². The predicted octanol–water partition coefficient (Wildman–Crippen LogP) is 0.001000. The molecule has 0 saturated carbocycles. The van der Waals surface area contributed by atoms with Crippen LogP contribution in [-0.4, -0.2) is 48.5 Å². The molecular weight excluding hydrogens is 180 g/mol. The lowest BCUT2D eigenvalue weighted by atomic mass is 10.5. The van der Waals surface area contributed by atoms with Crippen LogP contribution in [0.25, 0.3) is 0 Å². The van der Waals surface area contributed by atoms with E-state index in [2.05, 4.69) is 9.97 Å². The second kappa shape index (κ2) is 4.55. The summed E-state index contributed by atoms with van der Waals surface area (Å²) in [5.74, 6) is 0.586. The van der Waals surface area contributed by atoms with Crippen LogP contribution in [0, 0.1) is 0 Å². The second-order valence-electron chi connectivity index (χ2n) is 3.19. The van der Waals surface area contributed by atoms with E-state index in [1.807, 2.05) is 0 Å². The molecule has 1 heterocycles. The van der Waals surface area contributed by atoms with Crippen molar-refractivity contribution in [2.45, 2.75) is 0 Å². The number of aromatic nitrogens is 2. The summed E-state index contributed by atoms with van der Waals surface area (Å²) in [7, 11) is 5.24. The fourth-order valence-corrected chi connectivity index (χ4v) is 0.903. The normalized spacial score (nSPS) is 9.64. The Morgan fingerprint density at radius 2 is 1.86 bits per heavy atom. The van der Waals surface area contributed by atoms with Crippen molar-refractivity contribution in [3.63, 3.8) is 0 Å². The van der Waals surface area contributed by atoms with Crippen LogP contribution in [0.15, 0.2) is 18.5 Å². The van der Waals surface area contributed by atoms with Gasteiger partial charge in [0.15, 0.2) is 0 Å². The van der Waals surface area contributed by atoms with Gasteiger partial charge in [-0.25, -0.2) is 9.97 Å². The molecule has 0 unspecified atom stereocenters. The Bertz CT molecular complexity index is 299. The standard InChI is InChI=1S/C9H14N4O/c1-12(2)8(14)7-13(3)9-10-5-4-6-11-9/h4-6H,7H2,1-3H3. The van der Waals surface area contributed by atoms with Gasteiger partial charge in [0.05, 0.1) is 6.54 Å². The molecule has 0 spiro atoms. The van der Waals surface area contributed by atoms with E-state index in [4.69, 9.17) is 0 Å². The van der Waals surface area contributed by atoms with Crippen molar-refractivity contribution in [1.82, 2.24) is 14.9 Å². The van der Waals surface area contributed by atoms with Crippen LogP contribution in [0.5, 0.6) is 0 Å². The average Bonchev–Trinajstić information content (AvgIpc) is 2.19. The Morgan fingerprint density at radius 3 is 2.36 bits per heavy atom. The first-order chi connectivity index (χ1) is 6.61. The van der Waals surface area contributed by atoms with Gasteiger partial charge in [-0.05, 0) is 6.07 Å². The van der Waals surface area contributed by atoms with E-state index in [1.54, 1.807) is 49.4 Å². The molecule has 76 valence electrons. The molecule has 0 aromatic carbocycles. The summed E-state index contributed by atoms with van der Waals surface area (Å²) in [6.45, 7) is 0.289. The summed E-state index contributed by atoms with van der Waals surface area (Å²) >= 11 is 0. The first kappa shape index (κ1) is 10.4. The fraction of sp³-hybridized carbons (Fsp3) is 0.444. The molecule has 0 fully saturated rings. The third-order valence-corrected chi connectivity index (χ3v) is 1.76. The zero-order valence-electron chi connectivity index (χ0n) is 8.64. The largest absolute Gasteiger partial charge is 0.347 e. The molecule has 0 aliphatic carbocycles. The van der Waals surface area contributed by atoms with Gasteiger partial charge in [0.2, 0.25) is 11.9 Å². The van der Waals surface area contributed by atoms with Gasteiger partial charge in [-0.3, -0.25) is 4.79 Å². The van der Waals surface area contributed by atoms with Crippen molar-refractivity contribution in [2.75, 3.05) is 32.6 Å². The lowest BCUT2D eigenvalue weighted by Crippen LogP contribution is -2.35. The van der Waals surface area contributed by atoms with Crippen LogP contribution in [0.3, 0.4) is 0 Å². The van der Waals surface area contributed by atoms with E-state index in [0.29, 0.717) is 5.95 Å². The third kappa shape index (κ3) is 2.69. The van der Waals surface area contributed by atoms with Crippen LogP contribution in [0.2, 0.25) is 0 Å². The van der Waals surface area contributed by atoms with E-state index in [0.717, 1.165) is 0 Å². The first-order valence-electron chi connectivity index (χ1n) is 4.29. The van der Waals surface area contributed by atoms with Gasteiger partial charge < -0.3 is 9.80 Å². The number of hydrogen-bond donors (Lipinski definition) is 0. The molecule has 1 rings (SSSR count). The molecule has 0 N–H and O–H groups in total. The highest BCUT2D eigenvalue weighted by Crippen LogP contribution is 2.01. The number of likely N-dealkylation sites (N-methyl/N-ethyl adjacent to an activating group) is 2. The van der Waals surface area contributed by atoms with Crippen LogP contribution in [0.4, 0.5) is 5.95 Å². The Kier molecular flexibility index (Phi) is 3.39. The molecule has 0 atom stereocenters. The fourth-order valence-electron chi connectivity index (χ4n) is 0.903. The summed E-state index contributed by atoms with van der Waals surface area (Å²) in [6, 6.07) is 1.74. The van der Waals surface area contributed by atoms with Crippen molar-refractivity contribution in [1.29, 1.82) is 0 Å². The second-order valence-corrected chi connectivity index (χ2v) is 3.19. The van der Waals surface area contributed by atoms with Gasteiger partial charge in [0, 0.05) is 33.5 Å². The number of carbonyl (C=O) groups excluding carboxylic acids is 1. The highest BCUT2D eigenvalue weighted by atomic mass is 16.2. The zero-order valence-corrected chi connectivity index (χ0v) is 8.64. The molecule has 5 nitrogen and oxygen atoms in total. The molecule has 1 amide bonds. The van der Waals surface area contributed by atoms with Gasteiger partial charge in [0.1, 0.15) is 0 Å². The Balaban J connectivity index is 2.59. The SMILES string of the molecule is CN(C)C(=O)CN(C)c1ncccn1. The lowest BCUT2D eigenvalue weighted by Gasteiger charge is -2.18. The molecule has 5 heteroatoms. The van der Waals surface area contributed by atoms with Gasteiger partial charge in [-0.1, -0.05) is 0 Å². The lowest BCUT2D eigenvalue weighted by molar-refractivity contribution is -0.127. The quantitative estimate of drug-likeness (QED) is 0.679. The monoisotopic (exact) mass is 194 g/mol. The molecule has 0 bridgehead atoms. The highest BCUT2D eigenvalue weighted by molar-refractivity contribution is 5.80. The number of amides is 1. The van der Waals surface area contributed by atoms with Gasteiger partial charge >= 0.3 is 0 Å². The van der Waals surface area contributed by atoms with Crippen molar-refractivity contribution >= 4 is 11.9 Å². The van der Waals surface area contributed by atoms with Gasteiger partial charge in [0.25, 0.3) is 0 Å². The molecule has 14 heavy (non-hydrogen) atoms. The minimum atomic E-state index is 0.0277. The van der Waals surface area contributed by atoms with Gasteiger partial charge in [-0.2, -0.15) is 0 Å².